The molecular weight excluding hydrogens is 228 g/mol. The maximum Gasteiger partial charge on any atom is 0.335 e. The maximum absolute atomic E-state index is 11.7. The number of ketones is 1. The van der Waals surface area contributed by atoms with E-state index in [1.54, 1.807) is 30.3 Å². The second-order valence-corrected chi connectivity index (χ2v) is 5.54. The van der Waals surface area contributed by atoms with Crippen LogP contribution in [0.25, 0.3) is 5.57 Å². The van der Waals surface area contributed by atoms with Crippen LogP contribution in [-0.4, -0.2) is 16.9 Å². The molecule has 1 aromatic carbocycles. The number of hydrogen-bond acceptors (Lipinski definition) is 2. The molecule has 0 heterocycles. The summed E-state index contributed by atoms with van der Waals surface area (Å²) in [7, 11) is 0. The zero-order valence-corrected chi connectivity index (χ0v) is 10.6. The lowest BCUT2D eigenvalue weighted by atomic mass is 9.75. The number of hydrogen-bond donors (Lipinski definition) is 1. The first-order valence-corrected chi connectivity index (χ1v) is 5.94. The summed E-state index contributed by atoms with van der Waals surface area (Å²) in [5, 5.41) is 8.84. The van der Waals surface area contributed by atoms with Crippen LogP contribution in [0.15, 0.2) is 30.3 Å². The third-order valence-electron chi connectivity index (χ3n) is 3.16. The Morgan fingerprint density at radius 2 is 1.78 bits per heavy atom. The molecule has 0 saturated heterocycles. The topological polar surface area (TPSA) is 54.4 Å². The van der Waals surface area contributed by atoms with Crippen LogP contribution in [0, 0.1) is 5.41 Å². The normalized spacial score (nSPS) is 18.3. The highest BCUT2D eigenvalue weighted by Gasteiger charge is 2.27. The fourth-order valence-corrected chi connectivity index (χ4v) is 2.36. The van der Waals surface area contributed by atoms with Gasteiger partial charge in [0.1, 0.15) is 0 Å². The molecule has 1 N–H and O–H groups in total. The van der Waals surface area contributed by atoms with E-state index in [2.05, 4.69) is 13.8 Å². The largest absolute Gasteiger partial charge is 0.478 e. The van der Waals surface area contributed by atoms with Gasteiger partial charge in [0.25, 0.3) is 0 Å². The van der Waals surface area contributed by atoms with Crippen molar-refractivity contribution in [2.45, 2.75) is 26.7 Å². The predicted molar refractivity (Wildman–Crippen MR) is 69.4 cm³/mol. The number of rotatable bonds is 2. The molecule has 1 aromatic rings. The van der Waals surface area contributed by atoms with Crippen molar-refractivity contribution >= 4 is 17.3 Å². The van der Waals surface area contributed by atoms with Gasteiger partial charge in [0.2, 0.25) is 0 Å². The minimum atomic E-state index is -0.935. The molecule has 18 heavy (non-hydrogen) atoms. The summed E-state index contributed by atoms with van der Waals surface area (Å²) in [6.07, 6.45) is 3.09. The average molecular weight is 244 g/mol. The quantitative estimate of drug-likeness (QED) is 0.869. The third-order valence-corrected chi connectivity index (χ3v) is 3.16. The molecule has 0 spiro atoms. The van der Waals surface area contributed by atoms with Crippen LogP contribution in [0.3, 0.4) is 0 Å². The first kappa shape index (κ1) is 12.6. The summed E-state index contributed by atoms with van der Waals surface area (Å²) in [6, 6.07) is 6.68. The number of carboxylic acids is 1. The molecule has 0 fully saturated rings. The van der Waals surface area contributed by atoms with Gasteiger partial charge in [0, 0.05) is 6.42 Å². The van der Waals surface area contributed by atoms with Gasteiger partial charge in [-0.3, -0.25) is 4.79 Å². The molecule has 2 rings (SSSR count). The Hall–Kier alpha value is -1.90. The number of aromatic carboxylic acids is 1. The van der Waals surface area contributed by atoms with Crippen LogP contribution in [0.1, 0.15) is 42.6 Å². The van der Waals surface area contributed by atoms with Crippen molar-refractivity contribution in [1.29, 1.82) is 0 Å². The molecule has 94 valence electrons. The van der Waals surface area contributed by atoms with Crippen molar-refractivity contribution < 1.29 is 14.7 Å². The average Bonchev–Trinajstić information content (AvgIpc) is 2.26. The molecule has 0 atom stereocenters. The van der Waals surface area contributed by atoms with Gasteiger partial charge in [0.05, 0.1) is 5.56 Å². The lowest BCUT2D eigenvalue weighted by molar-refractivity contribution is -0.116. The fraction of sp³-hybridized carbons (Fsp3) is 0.333. The Morgan fingerprint density at radius 3 is 2.28 bits per heavy atom. The lowest BCUT2D eigenvalue weighted by Crippen LogP contribution is -2.21. The Labute approximate surface area is 106 Å². The van der Waals surface area contributed by atoms with E-state index in [1.807, 2.05) is 0 Å². The van der Waals surface area contributed by atoms with Gasteiger partial charge in [-0.05, 0) is 41.2 Å². The minimum Gasteiger partial charge on any atom is -0.478 e. The predicted octanol–water partition coefficient (Wildman–Crippen LogP) is 3.16. The van der Waals surface area contributed by atoms with E-state index in [9.17, 15) is 9.59 Å². The molecular formula is C15H16O3. The molecule has 3 nitrogen and oxygen atoms in total. The summed E-state index contributed by atoms with van der Waals surface area (Å²) < 4.78 is 0. The number of benzene rings is 1. The number of carboxylic acid groups (broad SMARTS) is 1. The summed E-state index contributed by atoms with van der Waals surface area (Å²) in [6.45, 7) is 4.15. The second-order valence-electron chi connectivity index (χ2n) is 5.54. The Bertz CT molecular complexity index is 521. The highest BCUT2D eigenvalue weighted by atomic mass is 16.4. The number of allylic oxidation sites excluding steroid dienone is 2. The molecule has 0 radical (unpaired) electrons. The van der Waals surface area contributed by atoms with Crippen molar-refractivity contribution in [3.8, 4) is 0 Å². The minimum absolute atomic E-state index is 0.0212. The molecule has 0 amide bonds. The maximum atomic E-state index is 11.7. The lowest BCUT2D eigenvalue weighted by Gasteiger charge is -2.29. The Kier molecular flexibility index (Phi) is 3.07. The molecule has 0 aromatic heterocycles. The zero-order chi connectivity index (χ0) is 13.3. The molecule has 1 aliphatic rings. The fourth-order valence-electron chi connectivity index (χ4n) is 2.36. The van der Waals surface area contributed by atoms with E-state index in [1.165, 1.54) is 0 Å². The second kappa shape index (κ2) is 4.41. The highest BCUT2D eigenvalue weighted by molar-refractivity contribution is 5.99. The van der Waals surface area contributed by atoms with Crippen molar-refractivity contribution in [2.24, 2.45) is 5.41 Å². The van der Waals surface area contributed by atoms with Gasteiger partial charge < -0.3 is 5.11 Å². The zero-order valence-electron chi connectivity index (χ0n) is 10.6. The van der Waals surface area contributed by atoms with Crippen LogP contribution in [0.5, 0.6) is 0 Å². The van der Waals surface area contributed by atoms with Crippen LogP contribution in [0.2, 0.25) is 0 Å². The van der Waals surface area contributed by atoms with Crippen molar-refractivity contribution in [1.82, 2.24) is 0 Å². The Morgan fingerprint density at radius 1 is 1.17 bits per heavy atom. The molecule has 0 aliphatic heterocycles. The van der Waals surface area contributed by atoms with E-state index < -0.39 is 5.97 Å². The molecule has 1 aliphatic carbocycles. The third kappa shape index (κ3) is 2.67. The summed E-state index contributed by atoms with van der Waals surface area (Å²) >= 11 is 0. The summed E-state index contributed by atoms with van der Waals surface area (Å²) in [5.74, 6) is -0.792. The van der Waals surface area contributed by atoms with Gasteiger partial charge in [-0.25, -0.2) is 4.79 Å². The standard InChI is InChI=1S/C15H16O3/c1-15(2)8-12(7-13(16)9-15)10-3-5-11(6-4-10)14(17)18/h3-7H,8-9H2,1-2H3,(H,17,18). The molecule has 3 heteroatoms. The van der Waals surface area contributed by atoms with Crippen molar-refractivity contribution in [3.63, 3.8) is 0 Å². The summed E-state index contributed by atoms with van der Waals surface area (Å²) in [4.78, 5) is 22.4. The van der Waals surface area contributed by atoms with Crippen molar-refractivity contribution in [2.75, 3.05) is 0 Å². The Balaban J connectivity index is 2.31. The van der Waals surface area contributed by atoms with Crippen LogP contribution < -0.4 is 0 Å². The van der Waals surface area contributed by atoms with E-state index in [0.717, 1.165) is 17.6 Å². The van der Waals surface area contributed by atoms with E-state index in [0.29, 0.717) is 6.42 Å². The smallest absolute Gasteiger partial charge is 0.335 e. The molecule has 0 bridgehead atoms. The summed E-state index contributed by atoms with van der Waals surface area (Å²) in [5.41, 5.74) is 2.17. The van der Waals surface area contributed by atoms with Gasteiger partial charge in [-0.15, -0.1) is 0 Å². The van der Waals surface area contributed by atoms with E-state index in [4.69, 9.17) is 5.11 Å². The van der Waals surface area contributed by atoms with Gasteiger partial charge in [-0.1, -0.05) is 26.0 Å². The van der Waals surface area contributed by atoms with Crippen LogP contribution in [0.4, 0.5) is 0 Å². The van der Waals surface area contributed by atoms with Crippen LogP contribution in [-0.2, 0) is 4.79 Å². The first-order chi connectivity index (χ1) is 8.37. The molecule has 0 unspecified atom stereocenters. The SMILES string of the molecule is CC1(C)CC(=O)C=C(c2ccc(C(=O)O)cc2)C1. The van der Waals surface area contributed by atoms with Crippen LogP contribution >= 0.6 is 0 Å². The van der Waals surface area contributed by atoms with E-state index >= 15 is 0 Å². The number of carbonyl (C=O) groups is 2. The van der Waals surface area contributed by atoms with Gasteiger partial charge in [-0.2, -0.15) is 0 Å². The molecule has 0 saturated carbocycles. The van der Waals surface area contributed by atoms with E-state index in [-0.39, 0.29) is 16.8 Å². The number of carbonyl (C=O) groups excluding carboxylic acids is 1. The van der Waals surface area contributed by atoms with Crippen molar-refractivity contribution in [3.05, 3.63) is 41.5 Å². The monoisotopic (exact) mass is 244 g/mol. The van der Waals surface area contributed by atoms with Gasteiger partial charge in [0.15, 0.2) is 5.78 Å². The van der Waals surface area contributed by atoms with Gasteiger partial charge >= 0.3 is 5.97 Å². The first-order valence-electron chi connectivity index (χ1n) is 5.94. The highest BCUT2D eigenvalue weighted by Crippen LogP contribution is 2.37.